The normalized spacial score (nSPS) is 17.9. The van der Waals surface area contributed by atoms with Gasteiger partial charge in [-0.15, -0.1) is 0 Å². The van der Waals surface area contributed by atoms with Gasteiger partial charge in [0.05, 0.1) is 7.11 Å². The Labute approximate surface area is 127 Å². The van der Waals surface area contributed by atoms with Crippen molar-refractivity contribution in [1.82, 2.24) is 10.0 Å². The van der Waals surface area contributed by atoms with Gasteiger partial charge in [-0.2, -0.15) is 0 Å². The number of benzene rings is 1. The van der Waals surface area contributed by atoms with Crippen molar-refractivity contribution < 1.29 is 13.2 Å². The summed E-state index contributed by atoms with van der Waals surface area (Å²) in [6.07, 6.45) is 3.89. The average molecular weight is 312 g/mol. The molecule has 2 N–H and O–H groups in total. The van der Waals surface area contributed by atoms with Crippen molar-refractivity contribution in [3.05, 3.63) is 23.8 Å². The summed E-state index contributed by atoms with van der Waals surface area (Å²) >= 11 is 0. The van der Waals surface area contributed by atoms with Gasteiger partial charge in [-0.05, 0) is 44.5 Å². The van der Waals surface area contributed by atoms with Crippen LogP contribution in [-0.4, -0.2) is 28.1 Å². The zero-order valence-electron chi connectivity index (χ0n) is 12.9. The van der Waals surface area contributed by atoms with Gasteiger partial charge < -0.3 is 10.1 Å². The standard InChI is InChI=1S/C15H24N2O3S/c1-15(8-4-5-9-15)17-21(18,19)14-10-12(11-16-2)6-7-13(14)20-3/h6-7,10,16-17H,4-5,8-9,11H2,1-3H3. The topological polar surface area (TPSA) is 67.4 Å². The van der Waals surface area contributed by atoms with Crippen LogP contribution in [0.4, 0.5) is 0 Å². The maximum absolute atomic E-state index is 12.7. The van der Waals surface area contributed by atoms with Crippen molar-refractivity contribution >= 4 is 10.0 Å². The number of sulfonamides is 1. The molecule has 0 heterocycles. The Hall–Kier alpha value is -1.11. The van der Waals surface area contributed by atoms with E-state index in [1.165, 1.54) is 7.11 Å². The molecule has 21 heavy (non-hydrogen) atoms. The first-order valence-corrected chi connectivity index (χ1v) is 8.74. The summed E-state index contributed by atoms with van der Waals surface area (Å²) in [6.45, 7) is 2.59. The van der Waals surface area contributed by atoms with E-state index >= 15 is 0 Å². The molecule has 0 atom stereocenters. The summed E-state index contributed by atoms with van der Waals surface area (Å²) in [4.78, 5) is 0.214. The van der Waals surface area contributed by atoms with Gasteiger partial charge in [0.2, 0.25) is 10.0 Å². The van der Waals surface area contributed by atoms with Crippen LogP contribution in [0.25, 0.3) is 0 Å². The minimum atomic E-state index is -3.59. The predicted molar refractivity (Wildman–Crippen MR) is 83.0 cm³/mol. The molecule has 6 heteroatoms. The van der Waals surface area contributed by atoms with E-state index < -0.39 is 10.0 Å². The summed E-state index contributed by atoms with van der Waals surface area (Å²) in [5.41, 5.74) is 0.568. The first-order chi connectivity index (χ1) is 9.90. The maximum atomic E-state index is 12.7. The fourth-order valence-electron chi connectivity index (χ4n) is 2.88. The van der Waals surface area contributed by atoms with Crippen molar-refractivity contribution in [2.75, 3.05) is 14.2 Å². The smallest absolute Gasteiger partial charge is 0.244 e. The van der Waals surface area contributed by atoms with E-state index in [2.05, 4.69) is 10.0 Å². The van der Waals surface area contributed by atoms with Gasteiger partial charge in [0.15, 0.2) is 0 Å². The molecule has 1 aliphatic carbocycles. The zero-order valence-corrected chi connectivity index (χ0v) is 13.7. The quantitative estimate of drug-likeness (QED) is 0.843. The third-order valence-corrected chi connectivity index (χ3v) is 5.65. The Morgan fingerprint density at radius 1 is 1.29 bits per heavy atom. The first-order valence-electron chi connectivity index (χ1n) is 7.26. The largest absolute Gasteiger partial charge is 0.495 e. The second-order valence-corrected chi connectivity index (χ2v) is 7.54. The summed E-state index contributed by atoms with van der Waals surface area (Å²) in [6, 6.07) is 5.25. The Balaban J connectivity index is 2.35. The Morgan fingerprint density at radius 3 is 2.52 bits per heavy atom. The lowest BCUT2D eigenvalue weighted by atomic mass is 10.0. The Morgan fingerprint density at radius 2 is 1.95 bits per heavy atom. The molecule has 1 aromatic rings. The minimum Gasteiger partial charge on any atom is -0.495 e. The van der Waals surface area contributed by atoms with Crippen molar-refractivity contribution in [2.45, 2.75) is 49.6 Å². The van der Waals surface area contributed by atoms with Gasteiger partial charge in [-0.25, -0.2) is 13.1 Å². The molecule has 0 saturated heterocycles. The molecule has 0 unspecified atom stereocenters. The van der Waals surface area contributed by atoms with Gasteiger partial charge in [-0.3, -0.25) is 0 Å². The van der Waals surface area contributed by atoms with Crippen LogP contribution in [0, 0.1) is 0 Å². The van der Waals surface area contributed by atoms with Crippen molar-refractivity contribution in [2.24, 2.45) is 0 Å². The molecule has 0 radical (unpaired) electrons. The van der Waals surface area contributed by atoms with Gasteiger partial charge in [-0.1, -0.05) is 18.9 Å². The van der Waals surface area contributed by atoms with Gasteiger partial charge in [0.25, 0.3) is 0 Å². The van der Waals surface area contributed by atoms with Crippen LogP contribution in [0.5, 0.6) is 5.75 Å². The van der Waals surface area contributed by atoms with Crippen LogP contribution in [0.1, 0.15) is 38.2 Å². The van der Waals surface area contributed by atoms with E-state index in [9.17, 15) is 8.42 Å². The number of rotatable bonds is 6. The van der Waals surface area contributed by atoms with Crippen LogP contribution in [0.15, 0.2) is 23.1 Å². The Bertz CT molecular complexity index is 593. The fourth-order valence-corrected chi connectivity index (χ4v) is 4.57. The number of hydrogen-bond donors (Lipinski definition) is 2. The molecule has 2 rings (SSSR count). The SMILES string of the molecule is CNCc1ccc(OC)c(S(=O)(=O)NC2(C)CCCC2)c1. The molecular formula is C15H24N2O3S. The summed E-state index contributed by atoms with van der Waals surface area (Å²) in [7, 11) is -0.269. The van der Waals surface area contributed by atoms with Gasteiger partial charge in [0, 0.05) is 12.1 Å². The molecule has 1 aliphatic rings. The highest BCUT2D eigenvalue weighted by molar-refractivity contribution is 7.89. The van der Waals surface area contributed by atoms with Crippen molar-refractivity contribution in [3.63, 3.8) is 0 Å². The highest BCUT2D eigenvalue weighted by atomic mass is 32.2. The summed E-state index contributed by atoms with van der Waals surface area (Å²) in [5, 5.41) is 3.02. The summed E-state index contributed by atoms with van der Waals surface area (Å²) in [5.74, 6) is 0.379. The lowest BCUT2D eigenvalue weighted by molar-refractivity contribution is 0.397. The zero-order chi connectivity index (χ0) is 15.5. The number of hydrogen-bond acceptors (Lipinski definition) is 4. The second kappa shape index (κ2) is 6.34. The lowest BCUT2D eigenvalue weighted by Crippen LogP contribution is -2.43. The van der Waals surface area contributed by atoms with Crippen LogP contribution in [-0.2, 0) is 16.6 Å². The molecule has 0 spiro atoms. The highest BCUT2D eigenvalue weighted by Crippen LogP contribution is 2.32. The maximum Gasteiger partial charge on any atom is 0.244 e. The average Bonchev–Trinajstić information content (AvgIpc) is 2.84. The van der Waals surface area contributed by atoms with Crippen molar-refractivity contribution in [3.8, 4) is 5.75 Å². The van der Waals surface area contributed by atoms with Crippen molar-refractivity contribution in [1.29, 1.82) is 0 Å². The molecule has 1 fully saturated rings. The Kier molecular flexibility index (Phi) is 4.91. The molecule has 0 amide bonds. The van der Waals surface area contributed by atoms with E-state index in [0.29, 0.717) is 12.3 Å². The molecule has 1 saturated carbocycles. The van der Waals surface area contributed by atoms with E-state index in [-0.39, 0.29) is 10.4 Å². The number of nitrogens with one attached hydrogen (secondary N) is 2. The monoisotopic (exact) mass is 312 g/mol. The molecule has 5 nitrogen and oxygen atoms in total. The van der Waals surface area contributed by atoms with Gasteiger partial charge >= 0.3 is 0 Å². The van der Waals surface area contributed by atoms with Crippen LogP contribution in [0.3, 0.4) is 0 Å². The number of ether oxygens (including phenoxy) is 1. The van der Waals surface area contributed by atoms with E-state index in [4.69, 9.17) is 4.74 Å². The first kappa shape index (κ1) is 16.3. The lowest BCUT2D eigenvalue weighted by Gasteiger charge is -2.25. The number of methoxy groups -OCH3 is 1. The molecule has 0 aromatic heterocycles. The van der Waals surface area contributed by atoms with E-state index in [0.717, 1.165) is 31.2 Å². The molecule has 0 aliphatic heterocycles. The van der Waals surface area contributed by atoms with Crippen LogP contribution < -0.4 is 14.8 Å². The minimum absolute atomic E-state index is 0.214. The highest BCUT2D eigenvalue weighted by Gasteiger charge is 2.34. The summed E-state index contributed by atoms with van der Waals surface area (Å²) < 4.78 is 33.5. The third kappa shape index (κ3) is 3.75. The fraction of sp³-hybridized carbons (Fsp3) is 0.600. The third-order valence-electron chi connectivity index (χ3n) is 3.99. The van der Waals surface area contributed by atoms with Crippen LogP contribution in [0.2, 0.25) is 0 Å². The molecular weight excluding hydrogens is 288 g/mol. The van der Waals surface area contributed by atoms with E-state index in [1.54, 1.807) is 12.1 Å². The second-order valence-electron chi connectivity index (χ2n) is 5.89. The van der Waals surface area contributed by atoms with Crippen LogP contribution >= 0.6 is 0 Å². The molecule has 118 valence electrons. The molecule has 1 aromatic carbocycles. The van der Waals surface area contributed by atoms with Gasteiger partial charge in [0.1, 0.15) is 10.6 Å². The molecule has 0 bridgehead atoms. The van der Waals surface area contributed by atoms with E-state index in [1.807, 2.05) is 20.0 Å². The predicted octanol–water partition coefficient (Wildman–Crippen LogP) is 2.03.